The first-order valence-corrected chi connectivity index (χ1v) is 15.4. The number of carbonyl (C=O) groups excluding carboxylic acids is 3. The van der Waals surface area contributed by atoms with E-state index >= 15 is 0 Å². The lowest BCUT2D eigenvalue weighted by Gasteiger charge is -2.12. The highest BCUT2D eigenvalue weighted by Crippen LogP contribution is 2.30. The van der Waals surface area contributed by atoms with Crippen LogP contribution in [0.2, 0.25) is 0 Å². The molecule has 5 rings (SSSR count). The zero-order valence-electron chi connectivity index (χ0n) is 23.5. The first-order valence-electron chi connectivity index (χ1n) is 13.6. The summed E-state index contributed by atoms with van der Waals surface area (Å²) in [5, 5.41) is 8.76. The fourth-order valence-corrected chi connectivity index (χ4v) is 5.78. The van der Waals surface area contributed by atoms with E-state index < -0.39 is 17.6 Å². The van der Waals surface area contributed by atoms with Crippen molar-refractivity contribution < 1.29 is 18.8 Å². The highest BCUT2D eigenvalue weighted by Gasteiger charge is 2.17. The van der Waals surface area contributed by atoms with Crippen LogP contribution in [0, 0.1) is 12.7 Å². The number of amides is 3. The van der Waals surface area contributed by atoms with Crippen molar-refractivity contribution in [2.24, 2.45) is 0 Å². The van der Waals surface area contributed by atoms with Gasteiger partial charge in [-0.15, -0.1) is 23.1 Å². The lowest BCUT2D eigenvalue weighted by atomic mass is 10.1. The van der Waals surface area contributed by atoms with Crippen LogP contribution in [0.15, 0.2) is 120 Å². The number of halogens is 1. The third kappa shape index (κ3) is 8.06. The highest BCUT2D eigenvalue weighted by molar-refractivity contribution is 8.00. The maximum absolute atomic E-state index is 14.4. The maximum atomic E-state index is 14.4. The molecule has 0 unspecified atom stereocenters. The molecule has 0 aliphatic carbocycles. The van der Waals surface area contributed by atoms with E-state index in [2.05, 4.69) is 20.9 Å². The number of thiazole rings is 1. The first-order chi connectivity index (χ1) is 21.4. The van der Waals surface area contributed by atoms with Crippen LogP contribution in [0.25, 0.3) is 17.3 Å². The minimum atomic E-state index is -0.634. The van der Waals surface area contributed by atoms with E-state index in [1.807, 2.05) is 43.3 Å². The molecule has 0 saturated heterocycles. The third-order valence-electron chi connectivity index (χ3n) is 6.29. The number of nitrogens with one attached hydrogen (secondary N) is 3. The number of carbonyl (C=O) groups is 3. The summed E-state index contributed by atoms with van der Waals surface area (Å²) in [4.78, 5) is 45.2. The quantitative estimate of drug-likeness (QED) is 0.111. The Bertz CT molecular complexity index is 1830. The molecule has 0 aliphatic rings. The number of anilines is 2. The van der Waals surface area contributed by atoms with Crippen molar-refractivity contribution in [1.29, 1.82) is 0 Å². The minimum absolute atomic E-state index is 0.127. The van der Waals surface area contributed by atoms with Crippen LogP contribution in [-0.2, 0) is 9.59 Å². The van der Waals surface area contributed by atoms with Gasteiger partial charge in [-0.25, -0.2) is 9.37 Å². The minimum Gasteiger partial charge on any atom is -0.321 e. The van der Waals surface area contributed by atoms with Crippen molar-refractivity contribution >= 4 is 57.7 Å². The largest absolute Gasteiger partial charge is 0.321 e. The van der Waals surface area contributed by atoms with Crippen LogP contribution < -0.4 is 16.0 Å². The molecule has 1 aromatic heterocycles. The molecule has 0 radical (unpaired) electrons. The number of aryl methyl sites for hydroxylation is 1. The van der Waals surface area contributed by atoms with Crippen molar-refractivity contribution in [3.63, 3.8) is 0 Å². The number of rotatable bonds is 10. The van der Waals surface area contributed by atoms with E-state index in [0.29, 0.717) is 16.4 Å². The Morgan fingerprint density at radius 1 is 0.864 bits per heavy atom. The molecule has 0 spiro atoms. The van der Waals surface area contributed by atoms with Gasteiger partial charge in [-0.1, -0.05) is 72.8 Å². The molecule has 4 aromatic carbocycles. The van der Waals surface area contributed by atoms with E-state index in [0.717, 1.165) is 21.0 Å². The third-order valence-corrected chi connectivity index (χ3v) is 8.17. The fraction of sp³-hybridized carbons (Fsp3) is 0.0588. The van der Waals surface area contributed by atoms with Crippen LogP contribution in [0.3, 0.4) is 0 Å². The molecule has 44 heavy (non-hydrogen) atoms. The topological polar surface area (TPSA) is 100 Å². The van der Waals surface area contributed by atoms with Gasteiger partial charge >= 0.3 is 0 Å². The van der Waals surface area contributed by atoms with Gasteiger partial charge in [-0.05, 0) is 49.4 Å². The second-order valence-corrected chi connectivity index (χ2v) is 11.8. The molecule has 0 saturated carbocycles. The lowest BCUT2D eigenvalue weighted by molar-refractivity contribution is -0.114. The number of nitrogens with zero attached hydrogens (tertiary/aromatic N) is 1. The van der Waals surface area contributed by atoms with Crippen LogP contribution in [0.1, 0.15) is 20.8 Å². The molecule has 10 heteroatoms. The highest BCUT2D eigenvalue weighted by atomic mass is 32.2. The molecule has 1 heterocycles. The summed E-state index contributed by atoms with van der Waals surface area (Å²) >= 11 is 2.71. The molecular weight excluding hydrogens is 596 g/mol. The van der Waals surface area contributed by atoms with Crippen LogP contribution in [0.4, 0.5) is 15.2 Å². The normalized spacial score (nSPS) is 11.1. The van der Waals surface area contributed by atoms with Crippen molar-refractivity contribution in [2.75, 3.05) is 16.4 Å². The van der Waals surface area contributed by atoms with Gasteiger partial charge in [0.25, 0.3) is 11.8 Å². The summed E-state index contributed by atoms with van der Waals surface area (Å²) in [5.41, 5.74) is 2.63. The van der Waals surface area contributed by atoms with Gasteiger partial charge < -0.3 is 16.0 Å². The predicted octanol–water partition coefficient (Wildman–Crippen LogP) is 7.40. The molecule has 0 bridgehead atoms. The van der Waals surface area contributed by atoms with Gasteiger partial charge in [0.15, 0.2) is 5.13 Å². The van der Waals surface area contributed by atoms with Crippen molar-refractivity contribution in [2.45, 2.75) is 11.8 Å². The van der Waals surface area contributed by atoms with E-state index in [1.165, 1.54) is 41.3 Å². The van der Waals surface area contributed by atoms with Gasteiger partial charge in [0, 0.05) is 32.2 Å². The summed E-state index contributed by atoms with van der Waals surface area (Å²) in [6, 6.07) is 31.1. The smallest absolute Gasteiger partial charge is 0.272 e. The van der Waals surface area contributed by atoms with Crippen LogP contribution in [-0.4, -0.2) is 28.5 Å². The molecule has 0 atom stereocenters. The standard InChI is InChI=1S/C34H27FN4O3S2/c1-22-31(23-11-4-2-5-12-23)39-34(44-22)38-30(40)21-43-27-17-10-16-26(20-27)36-33(42)29(19-25-15-8-9-18-28(25)35)37-32(41)24-13-6-3-7-14-24/h2-20H,21H2,1H3,(H,36,42)(H,37,41)(H,38,39,40)/b29-19-. The Morgan fingerprint density at radius 2 is 1.57 bits per heavy atom. The number of hydrogen-bond donors (Lipinski definition) is 3. The Balaban J connectivity index is 1.24. The molecule has 0 fully saturated rings. The van der Waals surface area contributed by atoms with E-state index in [4.69, 9.17) is 0 Å². The Labute approximate surface area is 262 Å². The molecule has 3 amide bonds. The SMILES string of the molecule is Cc1sc(NC(=O)CSc2cccc(NC(=O)/C(=C/c3ccccc3F)NC(=O)c3ccccc3)c2)nc1-c1ccccc1. The number of thioether (sulfide) groups is 1. The summed E-state index contributed by atoms with van der Waals surface area (Å²) in [7, 11) is 0. The van der Waals surface area contributed by atoms with Gasteiger partial charge in [-0.3, -0.25) is 14.4 Å². The number of hydrogen-bond acceptors (Lipinski definition) is 6. The number of benzene rings is 4. The molecule has 5 aromatic rings. The first kappa shape index (κ1) is 30.4. The van der Waals surface area contributed by atoms with Crippen LogP contribution in [0.5, 0.6) is 0 Å². The Hall–Kier alpha value is -5.06. The van der Waals surface area contributed by atoms with Gasteiger partial charge in [0.1, 0.15) is 11.5 Å². The van der Waals surface area contributed by atoms with Gasteiger partial charge in [-0.2, -0.15) is 0 Å². The predicted molar refractivity (Wildman–Crippen MR) is 175 cm³/mol. The zero-order chi connectivity index (χ0) is 30.9. The second kappa shape index (κ2) is 14.4. The summed E-state index contributed by atoms with van der Waals surface area (Å²) in [6.07, 6.45) is 1.29. The number of aromatic nitrogens is 1. The average molecular weight is 623 g/mol. The summed E-state index contributed by atoms with van der Waals surface area (Å²) in [5.74, 6) is -1.76. The van der Waals surface area contributed by atoms with Crippen LogP contribution >= 0.6 is 23.1 Å². The Kier molecular flexibility index (Phi) is 9.96. The molecule has 3 N–H and O–H groups in total. The Morgan fingerprint density at radius 3 is 2.32 bits per heavy atom. The maximum Gasteiger partial charge on any atom is 0.272 e. The monoisotopic (exact) mass is 622 g/mol. The summed E-state index contributed by atoms with van der Waals surface area (Å²) < 4.78 is 14.4. The zero-order valence-corrected chi connectivity index (χ0v) is 25.2. The lowest BCUT2D eigenvalue weighted by Crippen LogP contribution is -2.30. The fourth-order valence-electron chi connectivity index (χ4n) is 4.17. The van der Waals surface area contributed by atoms with Gasteiger partial charge in [0.05, 0.1) is 11.4 Å². The average Bonchev–Trinajstić information content (AvgIpc) is 3.41. The van der Waals surface area contributed by atoms with Crippen molar-refractivity contribution in [1.82, 2.24) is 10.3 Å². The van der Waals surface area contributed by atoms with Crippen molar-refractivity contribution in [3.8, 4) is 11.3 Å². The molecule has 7 nitrogen and oxygen atoms in total. The molecule has 220 valence electrons. The van der Waals surface area contributed by atoms with Crippen molar-refractivity contribution in [3.05, 3.63) is 137 Å². The molecular formula is C34H27FN4O3S2. The van der Waals surface area contributed by atoms with Gasteiger partial charge in [0.2, 0.25) is 5.91 Å². The molecule has 0 aliphatic heterocycles. The van der Waals surface area contributed by atoms with E-state index in [9.17, 15) is 18.8 Å². The van der Waals surface area contributed by atoms with E-state index in [1.54, 1.807) is 60.7 Å². The summed E-state index contributed by atoms with van der Waals surface area (Å²) in [6.45, 7) is 1.97. The van der Waals surface area contributed by atoms with E-state index in [-0.39, 0.29) is 22.9 Å². The second-order valence-electron chi connectivity index (χ2n) is 9.51.